The lowest BCUT2D eigenvalue weighted by molar-refractivity contribution is -0.142. The summed E-state index contributed by atoms with van der Waals surface area (Å²) in [7, 11) is 0. The van der Waals surface area contributed by atoms with Crippen LogP contribution in [0, 0.1) is 17.8 Å². The minimum atomic E-state index is -1.15. The minimum absolute atomic E-state index is 0.0235. The molecule has 0 saturated heterocycles. The second-order valence-electron chi connectivity index (χ2n) is 6.59. The second-order valence-corrected chi connectivity index (χ2v) is 6.59. The van der Waals surface area contributed by atoms with Gasteiger partial charge >= 0.3 is 18.2 Å². The molecule has 8 heteroatoms. The van der Waals surface area contributed by atoms with E-state index in [1.54, 1.807) is 0 Å². The van der Waals surface area contributed by atoms with Crippen LogP contribution in [0.3, 0.4) is 0 Å². The zero-order valence-corrected chi connectivity index (χ0v) is 15.4. The van der Waals surface area contributed by atoms with E-state index in [2.05, 4.69) is 6.58 Å². The number of carbonyl (C=O) groups excluding carboxylic acids is 2. The monoisotopic (exact) mass is 359 g/mol. The number of ether oxygens (including phenoxy) is 2. The Morgan fingerprint density at radius 1 is 1.00 bits per heavy atom. The van der Waals surface area contributed by atoms with Crippen LogP contribution in [-0.4, -0.2) is 53.1 Å². The quantitative estimate of drug-likeness (QED) is 0.616. The molecule has 0 unspecified atom stereocenters. The molecule has 0 radical (unpaired) electrons. The Labute approximate surface area is 148 Å². The van der Waals surface area contributed by atoms with Crippen LogP contribution < -0.4 is 0 Å². The maximum Gasteiger partial charge on any atom is 0.423 e. The summed E-state index contributed by atoms with van der Waals surface area (Å²) in [6, 6.07) is 0. The standard InChI is InChI=1S/C17H29NO7/c1-11(2)9-24-16(22)18(17(23)25-10-12(3)4)13(5)8-14(6-7-19)15(20)21/h11-12,14,19H,5-10H2,1-4H3,(H,20,21)/t14-/m1/s1. The lowest BCUT2D eigenvalue weighted by Crippen LogP contribution is -2.39. The molecule has 0 bridgehead atoms. The van der Waals surface area contributed by atoms with Gasteiger partial charge in [-0.05, 0) is 18.3 Å². The van der Waals surface area contributed by atoms with Crippen LogP contribution in [0.15, 0.2) is 12.3 Å². The van der Waals surface area contributed by atoms with Crippen molar-refractivity contribution in [1.29, 1.82) is 0 Å². The van der Waals surface area contributed by atoms with Gasteiger partial charge in [-0.1, -0.05) is 34.3 Å². The highest BCUT2D eigenvalue weighted by molar-refractivity contribution is 5.90. The molecule has 144 valence electrons. The number of carboxylic acid groups (broad SMARTS) is 1. The van der Waals surface area contributed by atoms with Crippen LogP contribution >= 0.6 is 0 Å². The highest BCUT2D eigenvalue weighted by Crippen LogP contribution is 2.20. The smallest absolute Gasteiger partial charge is 0.423 e. The van der Waals surface area contributed by atoms with Crippen molar-refractivity contribution in [3.8, 4) is 0 Å². The molecule has 0 aromatic rings. The number of hydrogen-bond donors (Lipinski definition) is 2. The maximum atomic E-state index is 12.2. The molecule has 0 aromatic heterocycles. The van der Waals surface area contributed by atoms with Gasteiger partial charge < -0.3 is 19.7 Å². The Morgan fingerprint density at radius 3 is 1.76 bits per heavy atom. The zero-order valence-electron chi connectivity index (χ0n) is 15.4. The third-order valence-electron chi connectivity index (χ3n) is 3.07. The molecule has 1 atom stereocenters. The first-order chi connectivity index (χ1) is 11.6. The minimum Gasteiger partial charge on any atom is -0.481 e. The Kier molecular flexibility index (Phi) is 10.5. The topological polar surface area (TPSA) is 113 Å². The van der Waals surface area contributed by atoms with E-state index in [1.807, 2.05) is 27.7 Å². The molecular formula is C17H29NO7. The van der Waals surface area contributed by atoms with Crippen LogP contribution in [0.5, 0.6) is 0 Å². The van der Waals surface area contributed by atoms with Gasteiger partial charge in [0.1, 0.15) is 0 Å². The summed E-state index contributed by atoms with van der Waals surface area (Å²) < 4.78 is 10.1. The van der Waals surface area contributed by atoms with E-state index in [0.717, 1.165) is 0 Å². The predicted octanol–water partition coefficient (Wildman–Crippen LogP) is 2.86. The van der Waals surface area contributed by atoms with E-state index < -0.39 is 24.1 Å². The van der Waals surface area contributed by atoms with E-state index >= 15 is 0 Å². The highest BCUT2D eigenvalue weighted by Gasteiger charge is 2.31. The van der Waals surface area contributed by atoms with Gasteiger partial charge in [0.2, 0.25) is 0 Å². The van der Waals surface area contributed by atoms with E-state index in [4.69, 9.17) is 19.7 Å². The van der Waals surface area contributed by atoms with Crippen LogP contribution in [0.4, 0.5) is 9.59 Å². The van der Waals surface area contributed by atoms with Gasteiger partial charge in [-0.15, -0.1) is 0 Å². The molecule has 2 N–H and O–H groups in total. The first-order valence-electron chi connectivity index (χ1n) is 8.25. The number of aliphatic hydroxyl groups is 1. The normalized spacial score (nSPS) is 12.0. The van der Waals surface area contributed by atoms with E-state index in [9.17, 15) is 14.4 Å². The molecule has 0 spiro atoms. The molecule has 0 saturated carbocycles. The van der Waals surface area contributed by atoms with Crippen molar-refractivity contribution in [1.82, 2.24) is 4.90 Å². The number of carboxylic acids is 1. The predicted molar refractivity (Wildman–Crippen MR) is 90.8 cm³/mol. The number of hydrogen-bond acceptors (Lipinski definition) is 6. The molecule has 0 heterocycles. The molecule has 0 aliphatic rings. The van der Waals surface area contributed by atoms with E-state index in [-0.39, 0.29) is 50.2 Å². The third kappa shape index (κ3) is 9.09. The summed E-state index contributed by atoms with van der Waals surface area (Å²) in [5.41, 5.74) is -0.0524. The average molecular weight is 359 g/mol. The molecule has 8 nitrogen and oxygen atoms in total. The van der Waals surface area contributed by atoms with Crippen LogP contribution in [-0.2, 0) is 14.3 Å². The number of nitrogens with zero attached hydrogens (tertiary/aromatic N) is 1. The molecule has 0 aromatic carbocycles. The van der Waals surface area contributed by atoms with Gasteiger partial charge in [-0.25, -0.2) is 9.59 Å². The number of aliphatic carboxylic acids is 1. The van der Waals surface area contributed by atoms with Crippen LogP contribution in [0.2, 0.25) is 0 Å². The van der Waals surface area contributed by atoms with Crippen molar-refractivity contribution in [2.24, 2.45) is 17.8 Å². The van der Waals surface area contributed by atoms with Crippen molar-refractivity contribution in [2.45, 2.75) is 40.5 Å². The molecule has 0 rings (SSSR count). The zero-order chi connectivity index (χ0) is 19.6. The van der Waals surface area contributed by atoms with Gasteiger partial charge in [-0.3, -0.25) is 4.79 Å². The summed E-state index contributed by atoms with van der Waals surface area (Å²) in [6.07, 6.45) is -2.13. The Hall–Kier alpha value is -2.09. The van der Waals surface area contributed by atoms with Gasteiger partial charge in [0, 0.05) is 18.7 Å². The lowest BCUT2D eigenvalue weighted by atomic mass is 10.00. The van der Waals surface area contributed by atoms with Gasteiger partial charge in [0.05, 0.1) is 19.1 Å². The van der Waals surface area contributed by atoms with Crippen LogP contribution in [0.1, 0.15) is 40.5 Å². The van der Waals surface area contributed by atoms with Crippen molar-refractivity contribution in [3.63, 3.8) is 0 Å². The Balaban J connectivity index is 5.19. The SMILES string of the molecule is C=C(C[C@@H](CCO)C(=O)O)N(C(=O)OCC(C)C)C(=O)OCC(C)C. The van der Waals surface area contributed by atoms with Gasteiger partial charge in [0.15, 0.2) is 0 Å². The summed E-state index contributed by atoms with van der Waals surface area (Å²) in [6.45, 7) is 10.8. The number of rotatable bonds is 10. The molecule has 2 amide bonds. The number of amides is 2. The third-order valence-corrected chi connectivity index (χ3v) is 3.07. The summed E-state index contributed by atoms with van der Waals surface area (Å²) in [5, 5.41) is 18.1. The molecule has 0 fully saturated rings. The number of carbonyl (C=O) groups is 3. The lowest BCUT2D eigenvalue weighted by Gasteiger charge is -2.24. The Morgan fingerprint density at radius 2 is 1.44 bits per heavy atom. The fourth-order valence-electron chi connectivity index (χ4n) is 1.78. The van der Waals surface area contributed by atoms with Crippen molar-refractivity contribution in [2.75, 3.05) is 19.8 Å². The number of allylic oxidation sites excluding steroid dienone is 1. The van der Waals surface area contributed by atoms with E-state index in [0.29, 0.717) is 4.90 Å². The average Bonchev–Trinajstić information content (AvgIpc) is 2.50. The fourth-order valence-corrected chi connectivity index (χ4v) is 1.78. The van der Waals surface area contributed by atoms with Crippen molar-refractivity contribution in [3.05, 3.63) is 12.3 Å². The van der Waals surface area contributed by atoms with Gasteiger partial charge in [0.25, 0.3) is 0 Å². The summed E-state index contributed by atoms with van der Waals surface area (Å²) in [4.78, 5) is 36.3. The summed E-state index contributed by atoms with van der Waals surface area (Å²) in [5.74, 6) is -2.00. The van der Waals surface area contributed by atoms with Gasteiger partial charge in [-0.2, -0.15) is 4.90 Å². The molecule has 0 aliphatic carbocycles. The molecular weight excluding hydrogens is 330 g/mol. The highest BCUT2D eigenvalue weighted by atomic mass is 16.6. The second kappa shape index (κ2) is 11.5. The molecule has 0 aliphatic heterocycles. The Bertz CT molecular complexity index is 450. The number of imide groups is 1. The summed E-state index contributed by atoms with van der Waals surface area (Å²) >= 11 is 0. The largest absolute Gasteiger partial charge is 0.481 e. The van der Waals surface area contributed by atoms with Crippen LogP contribution in [0.25, 0.3) is 0 Å². The first kappa shape index (κ1) is 22.9. The maximum absolute atomic E-state index is 12.2. The first-order valence-corrected chi connectivity index (χ1v) is 8.25. The van der Waals surface area contributed by atoms with E-state index in [1.165, 1.54) is 0 Å². The van der Waals surface area contributed by atoms with Crippen molar-refractivity contribution < 1.29 is 34.1 Å². The number of aliphatic hydroxyl groups excluding tert-OH is 1. The molecule has 25 heavy (non-hydrogen) atoms. The fraction of sp³-hybridized carbons (Fsp3) is 0.706. The van der Waals surface area contributed by atoms with Crippen molar-refractivity contribution >= 4 is 18.2 Å².